The zero-order chi connectivity index (χ0) is 10.6. The monoisotopic (exact) mass is 193 g/mol. The molecule has 0 fully saturated rings. The van der Waals surface area contributed by atoms with Crippen molar-refractivity contribution in [1.82, 2.24) is 4.98 Å². The van der Waals surface area contributed by atoms with Crippen molar-refractivity contribution in [3.8, 4) is 0 Å². The molecule has 78 valence electrons. The number of nitrogens with two attached hydrogens (primary N) is 1. The standard InChI is InChI=1S/C11H19N3/c1-4-9(3)14(5-2)11-8-6-7-10(12)13-11/h6-9H,4-5H2,1-3H3,(H2,12,13). The van der Waals surface area contributed by atoms with Crippen molar-refractivity contribution in [2.24, 2.45) is 0 Å². The van der Waals surface area contributed by atoms with Crippen molar-refractivity contribution in [3.63, 3.8) is 0 Å². The van der Waals surface area contributed by atoms with Gasteiger partial charge in [0.15, 0.2) is 0 Å². The van der Waals surface area contributed by atoms with E-state index >= 15 is 0 Å². The molecule has 1 aromatic rings. The highest BCUT2D eigenvalue weighted by Gasteiger charge is 2.11. The first-order valence-electron chi connectivity index (χ1n) is 5.18. The van der Waals surface area contributed by atoms with E-state index in [0.29, 0.717) is 11.9 Å². The van der Waals surface area contributed by atoms with Gasteiger partial charge in [-0.25, -0.2) is 4.98 Å². The van der Waals surface area contributed by atoms with Crippen molar-refractivity contribution in [2.45, 2.75) is 33.2 Å². The Bertz CT molecular complexity index is 286. The topological polar surface area (TPSA) is 42.1 Å². The molecule has 1 atom stereocenters. The Hall–Kier alpha value is -1.25. The largest absolute Gasteiger partial charge is 0.384 e. The van der Waals surface area contributed by atoms with Gasteiger partial charge in [-0.05, 0) is 32.4 Å². The van der Waals surface area contributed by atoms with E-state index in [1.165, 1.54) is 0 Å². The Kier molecular flexibility index (Phi) is 3.74. The van der Waals surface area contributed by atoms with Gasteiger partial charge < -0.3 is 10.6 Å². The average Bonchev–Trinajstić information content (AvgIpc) is 2.19. The zero-order valence-electron chi connectivity index (χ0n) is 9.20. The lowest BCUT2D eigenvalue weighted by molar-refractivity contribution is 0.623. The van der Waals surface area contributed by atoms with Gasteiger partial charge in [0.2, 0.25) is 0 Å². The molecule has 14 heavy (non-hydrogen) atoms. The minimum atomic E-state index is 0.509. The van der Waals surface area contributed by atoms with E-state index in [9.17, 15) is 0 Å². The molecule has 0 aliphatic carbocycles. The Labute approximate surface area is 85.9 Å². The maximum Gasteiger partial charge on any atom is 0.131 e. The first-order chi connectivity index (χ1) is 6.69. The van der Waals surface area contributed by atoms with Crippen LogP contribution in [-0.2, 0) is 0 Å². The Balaban J connectivity index is 2.89. The summed E-state index contributed by atoms with van der Waals surface area (Å²) in [6, 6.07) is 6.28. The molecule has 0 aliphatic rings. The van der Waals surface area contributed by atoms with E-state index in [4.69, 9.17) is 5.73 Å². The number of rotatable bonds is 4. The lowest BCUT2D eigenvalue weighted by Gasteiger charge is -2.28. The number of hydrogen-bond donors (Lipinski definition) is 1. The van der Waals surface area contributed by atoms with Gasteiger partial charge in [-0.15, -0.1) is 0 Å². The van der Waals surface area contributed by atoms with Crippen LogP contribution in [0.25, 0.3) is 0 Å². The predicted octanol–water partition coefficient (Wildman–Crippen LogP) is 2.29. The van der Waals surface area contributed by atoms with Crippen LogP contribution in [0.2, 0.25) is 0 Å². The second-order valence-corrected chi connectivity index (χ2v) is 3.46. The van der Waals surface area contributed by atoms with Crippen LogP contribution in [0.4, 0.5) is 11.6 Å². The van der Waals surface area contributed by atoms with Gasteiger partial charge in [0.05, 0.1) is 0 Å². The minimum absolute atomic E-state index is 0.509. The summed E-state index contributed by atoms with van der Waals surface area (Å²) in [6.07, 6.45) is 1.12. The molecule has 0 aromatic carbocycles. The molecule has 0 saturated heterocycles. The first kappa shape index (κ1) is 10.8. The normalized spacial score (nSPS) is 12.5. The van der Waals surface area contributed by atoms with E-state index in [1.807, 2.05) is 18.2 Å². The zero-order valence-corrected chi connectivity index (χ0v) is 9.20. The van der Waals surface area contributed by atoms with Crippen molar-refractivity contribution in [1.29, 1.82) is 0 Å². The SMILES string of the molecule is CCC(C)N(CC)c1cccc(N)n1. The molecule has 3 heteroatoms. The van der Waals surface area contributed by atoms with Crippen molar-refractivity contribution in [3.05, 3.63) is 18.2 Å². The predicted molar refractivity (Wildman–Crippen MR) is 61.4 cm³/mol. The Morgan fingerprint density at radius 1 is 1.43 bits per heavy atom. The molecular weight excluding hydrogens is 174 g/mol. The molecule has 0 bridgehead atoms. The van der Waals surface area contributed by atoms with E-state index in [0.717, 1.165) is 18.8 Å². The number of pyridine rings is 1. The molecule has 1 heterocycles. The maximum absolute atomic E-state index is 5.65. The van der Waals surface area contributed by atoms with Crippen LogP contribution in [0.1, 0.15) is 27.2 Å². The molecule has 0 spiro atoms. The first-order valence-corrected chi connectivity index (χ1v) is 5.18. The third kappa shape index (κ3) is 2.37. The third-order valence-electron chi connectivity index (χ3n) is 2.51. The second-order valence-electron chi connectivity index (χ2n) is 3.46. The molecular formula is C11H19N3. The van der Waals surface area contributed by atoms with Gasteiger partial charge in [-0.3, -0.25) is 0 Å². The number of hydrogen-bond acceptors (Lipinski definition) is 3. The van der Waals surface area contributed by atoms with Crippen molar-refractivity contribution >= 4 is 11.6 Å². The van der Waals surface area contributed by atoms with Gasteiger partial charge in [-0.2, -0.15) is 0 Å². The average molecular weight is 193 g/mol. The summed E-state index contributed by atoms with van der Waals surface area (Å²) < 4.78 is 0. The van der Waals surface area contributed by atoms with Crippen LogP contribution >= 0.6 is 0 Å². The fraction of sp³-hybridized carbons (Fsp3) is 0.545. The quantitative estimate of drug-likeness (QED) is 0.797. The molecule has 0 saturated carbocycles. The van der Waals surface area contributed by atoms with Crippen molar-refractivity contribution < 1.29 is 0 Å². The van der Waals surface area contributed by atoms with Crippen LogP contribution in [0, 0.1) is 0 Å². The minimum Gasteiger partial charge on any atom is -0.384 e. The smallest absolute Gasteiger partial charge is 0.131 e. The van der Waals surface area contributed by atoms with Crippen LogP contribution in [0.5, 0.6) is 0 Å². The number of anilines is 2. The van der Waals surface area contributed by atoms with Crippen LogP contribution < -0.4 is 10.6 Å². The third-order valence-corrected chi connectivity index (χ3v) is 2.51. The van der Waals surface area contributed by atoms with E-state index in [-0.39, 0.29) is 0 Å². The van der Waals surface area contributed by atoms with Gasteiger partial charge in [0, 0.05) is 12.6 Å². The molecule has 0 amide bonds. The highest BCUT2D eigenvalue weighted by molar-refractivity contribution is 5.45. The van der Waals surface area contributed by atoms with Gasteiger partial charge in [0.1, 0.15) is 11.6 Å². The number of nitrogens with zero attached hydrogens (tertiary/aromatic N) is 2. The fourth-order valence-electron chi connectivity index (χ4n) is 1.52. The lowest BCUT2D eigenvalue weighted by atomic mass is 10.2. The summed E-state index contributed by atoms with van der Waals surface area (Å²) in [7, 11) is 0. The van der Waals surface area contributed by atoms with E-state index in [1.54, 1.807) is 0 Å². The van der Waals surface area contributed by atoms with Crippen LogP contribution in [-0.4, -0.2) is 17.6 Å². The second kappa shape index (κ2) is 4.84. The molecule has 1 rings (SSSR count). The molecule has 1 aromatic heterocycles. The highest BCUT2D eigenvalue weighted by Crippen LogP contribution is 2.16. The summed E-state index contributed by atoms with van der Waals surface area (Å²) in [5.74, 6) is 1.56. The van der Waals surface area contributed by atoms with Gasteiger partial charge in [0.25, 0.3) is 0 Å². The van der Waals surface area contributed by atoms with Crippen molar-refractivity contribution in [2.75, 3.05) is 17.2 Å². The van der Waals surface area contributed by atoms with Crippen LogP contribution in [0.15, 0.2) is 18.2 Å². The number of nitrogen functional groups attached to an aromatic ring is 1. The lowest BCUT2D eigenvalue weighted by Crippen LogP contribution is -2.33. The summed E-state index contributed by atoms with van der Waals surface area (Å²) in [5.41, 5.74) is 5.65. The fourth-order valence-corrected chi connectivity index (χ4v) is 1.52. The Morgan fingerprint density at radius 2 is 2.14 bits per heavy atom. The molecule has 0 radical (unpaired) electrons. The number of aromatic nitrogens is 1. The summed E-state index contributed by atoms with van der Waals surface area (Å²) in [6.45, 7) is 7.48. The van der Waals surface area contributed by atoms with Gasteiger partial charge >= 0.3 is 0 Å². The summed E-state index contributed by atoms with van der Waals surface area (Å²) in [4.78, 5) is 6.58. The molecule has 1 unspecified atom stereocenters. The Morgan fingerprint density at radius 3 is 2.64 bits per heavy atom. The van der Waals surface area contributed by atoms with Gasteiger partial charge in [-0.1, -0.05) is 13.0 Å². The molecule has 2 N–H and O–H groups in total. The maximum atomic E-state index is 5.65. The van der Waals surface area contributed by atoms with E-state index < -0.39 is 0 Å². The molecule has 0 aliphatic heterocycles. The van der Waals surface area contributed by atoms with Crippen LogP contribution in [0.3, 0.4) is 0 Å². The molecule has 3 nitrogen and oxygen atoms in total. The highest BCUT2D eigenvalue weighted by atomic mass is 15.2. The van der Waals surface area contributed by atoms with E-state index in [2.05, 4.69) is 30.7 Å². The summed E-state index contributed by atoms with van der Waals surface area (Å²) in [5, 5.41) is 0. The summed E-state index contributed by atoms with van der Waals surface area (Å²) >= 11 is 0.